The Morgan fingerprint density at radius 3 is 2.55 bits per heavy atom. The molecule has 1 heterocycles. The molecule has 98 valence electrons. The second-order valence-corrected chi connectivity index (χ2v) is 5.31. The lowest BCUT2D eigenvalue weighted by atomic mass is 10.0. The number of ketones is 1. The number of hydrogen-bond acceptors (Lipinski definition) is 3. The van der Waals surface area contributed by atoms with E-state index in [1.165, 1.54) is 0 Å². The molecule has 0 saturated carbocycles. The Labute approximate surface area is 124 Å². The van der Waals surface area contributed by atoms with Gasteiger partial charge in [0.15, 0.2) is 5.78 Å². The Kier molecular flexibility index (Phi) is 3.56. The summed E-state index contributed by atoms with van der Waals surface area (Å²) in [5.74, 6) is 0.0736. The van der Waals surface area contributed by atoms with E-state index in [0.29, 0.717) is 12.0 Å². The van der Waals surface area contributed by atoms with Gasteiger partial charge in [0, 0.05) is 28.9 Å². The minimum absolute atomic E-state index is 0.0736. The minimum atomic E-state index is 0.0736. The fraction of sp³-hybridized carbons (Fsp3) is 0.0625. The Morgan fingerprint density at radius 2 is 1.75 bits per heavy atom. The molecule has 0 unspecified atom stereocenters. The smallest absolute Gasteiger partial charge is 0.167 e. The lowest BCUT2D eigenvalue weighted by molar-refractivity contribution is 0.0993. The second-order valence-electron chi connectivity index (χ2n) is 4.45. The number of carbonyl (C=O) groups is 1. The van der Waals surface area contributed by atoms with Crippen LogP contribution in [0, 0.1) is 0 Å². The standard InChI is InChI=1S/C16H11BrN2O/c17-13-4-2-1-3-11(13)10-16(20)12-5-6-14-15(9-12)19-8-7-18-14/h1-9H,10H2. The first-order valence-electron chi connectivity index (χ1n) is 6.21. The maximum Gasteiger partial charge on any atom is 0.167 e. The molecule has 4 heteroatoms. The predicted molar refractivity (Wildman–Crippen MR) is 81.7 cm³/mol. The number of benzene rings is 2. The normalized spacial score (nSPS) is 10.7. The van der Waals surface area contributed by atoms with Gasteiger partial charge in [-0.1, -0.05) is 34.1 Å². The first-order chi connectivity index (χ1) is 9.74. The van der Waals surface area contributed by atoms with Crippen molar-refractivity contribution < 1.29 is 4.79 Å². The molecule has 3 rings (SSSR count). The van der Waals surface area contributed by atoms with Crippen LogP contribution in [0.1, 0.15) is 15.9 Å². The van der Waals surface area contributed by atoms with Crippen LogP contribution in [0.3, 0.4) is 0 Å². The fourth-order valence-corrected chi connectivity index (χ4v) is 2.48. The van der Waals surface area contributed by atoms with Gasteiger partial charge in [0.1, 0.15) is 0 Å². The molecule has 0 fully saturated rings. The number of carbonyl (C=O) groups excluding carboxylic acids is 1. The van der Waals surface area contributed by atoms with Gasteiger partial charge in [0.05, 0.1) is 11.0 Å². The van der Waals surface area contributed by atoms with Crippen LogP contribution in [0.25, 0.3) is 11.0 Å². The molecule has 1 aromatic heterocycles. The number of aromatic nitrogens is 2. The van der Waals surface area contributed by atoms with Gasteiger partial charge < -0.3 is 0 Å². The number of Topliss-reactive ketones (excluding diaryl/α,β-unsaturated/α-hetero) is 1. The molecule has 0 bridgehead atoms. The maximum atomic E-state index is 12.3. The third kappa shape index (κ3) is 2.60. The van der Waals surface area contributed by atoms with Gasteiger partial charge in [-0.25, -0.2) is 0 Å². The summed E-state index contributed by atoms with van der Waals surface area (Å²) in [6, 6.07) is 13.2. The summed E-state index contributed by atoms with van der Waals surface area (Å²) in [7, 11) is 0. The first-order valence-corrected chi connectivity index (χ1v) is 7.01. The van der Waals surface area contributed by atoms with Crippen LogP contribution < -0.4 is 0 Å². The van der Waals surface area contributed by atoms with Crippen molar-refractivity contribution in [2.75, 3.05) is 0 Å². The molecule has 0 N–H and O–H groups in total. The number of halogens is 1. The average Bonchev–Trinajstić information content (AvgIpc) is 2.49. The third-order valence-electron chi connectivity index (χ3n) is 3.10. The van der Waals surface area contributed by atoms with Gasteiger partial charge >= 0.3 is 0 Å². The summed E-state index contributed by atoms with van der Waals surface area (Å²) in [4.78, 5) is 20.8. The summed E-state index contributed by atoms with van der Waals surface area (Å²) < 4.78 is 0.953. The minimum Gasteiger partial charge on any atom is -0.294 e. The van der Waals surface area contributed by atoms with Gasteiger partial charge in [0.2, 0.25) is 0 Å². The Morgan fingerprint density at radius 1 is 1.00 bits per heavy atom. The summed E-state index contributed by atoms with van der Waals surface area (Å²) in [5.41, 5.74) is 3.18. The molecule has 0 amide bonds. The maximum absolute atomic E-state index is 12.3. The number of hydrogen-bond donors (Lipinski definition) is 0. The Balaban J connectivity index is 1.91. The average molecular weight is 327 g/mol. The molecule has 0 aliphatic carbocycles. The van der Waals surface area contributed by atoms with Gasteiger partial charge in [-0.15, -0.1) is 0 Å². The zero-order chi connectivity index (χ0) is 13.9. The zero-order valence-electron chi connectivity index (χ0n) is 10.6. The highest BCUT2D eigenvalue weighted by Gasteiger charge is 2.10. The molecule has 0 aliphatic heterocycles. The van der Waals surface area contributed by atoms with E-state index in [9.17, 15) is 4.79 Å². The van der Waals surface area contributed by atoms with Crippen molar-refractivity contribution in [3.8, 4) is 0 Å². The highest BCUT2D eigenvalue weighted by molar-refractivity contribution is 9.10. The zero-order valence-corrected chi connectivity index (χ0v) is 12.2. The van der Waals surface area contributed by atoms with E-state index in [4.69, 9.17) is 0 Å². The molecule has 0 radical (unpaired) electrons. The number of fused-ring (bicyclic) bond motifs is 1. The van der Waals surface area contributed by atoms with Crippen molar-refractivity contribution in [1.82, 2.24) is 9.97 Å². The summed E-state index contributed by atoms with van der Waals surface area (Å²) in [6.07, 6.45) is 3.64. The van der Waals surface area contributed by atoms with Crippen molar-refractivity contribution in [1.29, 1.82) is 0 Å². The monoisotopic (exact) mass is 326 g/mol. The van der Waals surface area contributed by atoms with Crippen LogP contribution in [0.15, 0.2) is 59.3 Å². The highest BCUT2D eigenvalue weighted by Crippen LogP contribution is 2.19. The molecule has 0 spiro atoms. The molecular weight excluding hydrogens is 316 g/mol. The number of nitrogens with zero attached hydrogens (tertiary/aromatic N) is 2. The summed E-state index contributed by atoms with van der Waals surface area (Å²) in [5, 5.41) is 0. The molecule has 0 aliphatic rings. The fourth-order valence-electron chi connectivity index (χ4n) is 2.05. The van der Waals surface area contributed by atoms with Crippen LogP contribution in [-0.2, 0) is 6.42 Å². The first kappa shape index (κ1) is 12.9. The van der Waals surface area contributed by atoms with E-state index >= 15 is 0 Å². The van der Waals surface area contributed by atoms with E-state index < -0.39 is 0 Å². The SMILES string of the molecule is O=C(Cc1ccccc1Br)c1ccc2nccnc2c1. The summed E-state index contributed by atoms with van der Waals surface area (Å²) in [6.45, 7) is 0. The van der Waals surface area contributed by atoms with Gasteiger partial charge in [0.25, 0.3) is 0 Å². The number of rotatable bonds is 3. The Hall–Kier alpha value is -2.07. The van der Waals surface area contributed by atoms with Crippen LogP contribution in [0.4, 0.5) is 0 Å². The van der Waals surface area contributed by atoms with E-state index in [2.05, 4.69) is 25.9 Å². The van der Waals surface area contributed by atoms with Crippen LogP contribution >= 0.6 is 15.9 Å². The van der Waals surface area contributed by atoms with Crippen molar-refractivity contribution in [2.24, 2.45) is 0 Å². The topological polar surface area (TPSA) is 42.9 Å². The van der Waals surface area contributed by atoms with Gasteiger partial charge in [-0.2, -0.15) is 0 Å². The van der Waals surface area contributed by atoms with Crippen molar-refractivity contribution in [3.63, 3.8) is 0 Å². The highest BCUT2D eigenvalue weighted by atomic mass is 79.9. The molecule has 2 aromatic carbocycles. The largest absolute Gasteiger partial charge is 0.294 e. The second kappa shape index (κ2) is 5.51. The van der Waals surface area contributed by atoms with Crippen molar-refractivity contribution >= 4 is 32.7 Å². The van der Waals surface area contributed by atoms with E-state index in [1.54, 1.807) is 24.5 Å². The van der Waals surface area contributed by atoms with Crippen LogP contribution in [-0.4, -0.2) is 15.8 Å². The van der Waals surface area contributed by atoms with Gasteiger partial charge in [-0.3, -0.25) is 14.8 Å². The Bertz CT molecular complexity index is 786. The summed E-state index contributed by atoms with van der Waals surface area (Å²) >= 11 is 3.46. The molecule has 3 nitrogen and oxygen atoms in total. The molecule has 0 atom stereocenters. The van der Waals surface area contributed by atoms with Crippen molar-refractivity contribution in [2.45, 2.75) is 6.42 Å². The molecule has 3 aromatic rings. The van der Waals surface area contributed by atoms with E-state index in [0.717, 1.165) is 21.1 Å². The lowest BCUT2D eigenvalue weighted by Gasteiger charge is -2.04. The molecule has 0 saturated heterocycles. The van der Waals surface area contributed by atoms with Gasteiger partial charge in [-0.05, 0) is 29.8 Å². The van der Waals surface area contributed by atoms with E-state index in [1.807, 2.05) is 30.3 Å². The third-order valence-corrected chi connectivity index (χ3v) is 3.87. The molecular formula is C16H11BrN2O. The predicted octanol–water partition coefficient (Wildman–Crippen LogP) is 3.82. The quantitative estimate of drug-likeness (QED) is 0.687. The van der Waals surface area contributed by atoms with Crippen molar-refractivity contribution in [3.05, 3.63) is 70.5 Å². The van der Waals surface area contributed by atoms with Crippen LogP contribution in [0.2, 0.25) is 0 Å². The van der Waals surface area contributed by atoms with E-state index in [-0.39, 0.29) is 5.78 Å². The lowest BCUT2D eigenvalue weighted by Crippen LogP contribution is -2.04. The van der Waals surface area contributed by atoms with Crippen LogP contribution in [0.5, 0.6) is 0 Å². The molecule has 20 heavy (non-hydrogen) atoms.